The van der Waals surface area contributed by atoms with Crippen LogP contribution in [-0.4, -0.2) is 29.6 Å². The Balaban J connectivity index is 2.53. The highest BCUT2D eigenvalue weighted by atomic mass is 79.9. The first kappa shape index (κ1) is 13.3. The van der Waals surface area contributed by atoms with Crippen LogP contribution in [0.1, 0.15) is 5.56 Å². The molecule has 0 atom stereocenters. The van der Waals surface area contributed by atoms with E-state index in [1.165, 1.54) is 17.1 Å². The zero-order chi connectivity index (χ0) is 13.3. The van der Waals surface area contributed by atoms with E-state index >= 15 is 0 Å². The molecule has 1 heterocycles. The van der Waals surface area contributed by atoms with Crippen LogP contribution >= 0.6 is 15.9 Å². The van der Waals surface area contributed by atoms with Crippen molar-refractivity contribution in [3.8, 4) is 5.69 Å². The molecule has 0 saturated heterocycles. The van der Waals surface area contributed by atoms with Crippen molar-refractivity contribution < 1.29 is 13.5 Å². The fraction of sp³-hybridized carbons (Fsp3) is 0.182. The third-order valence-electron chi connectivity index (χ3n) is 2.45. The van der Waals surface area contributed by atoms with E-state index in [-0.39, 0.29) is 11.5 Å². The summed E-state index contributed by atoms with van der Waals surface area (Å²) in [6.45, 7) is -0.150. The second-order valence-electron chi connectivity index (χ2n) is 3.82. The van der Waals surface area contributed by atoms with Gasteiger partial charge in [-0.1, -0.05) is 15.9 Å². The van der Waals surface area contributed by atoms with Gasteiger partial charge in [-0.15, -0.1) is 0 Å². The van der Waals surface area contributed by atoms with Crippen molar-refractivity contribution in [3.63, 3.8) is 0 Å². The Hall–Kier alpha value is -1.18. The van der Waals surface area contributed by atoms with Gasteiger partial charge >= 0.3 is 0 Å². The van der Waals surface area contributed by atoms with Crippen molar-refractivity contribution >= 4 is 25.8 Å². The van der Waals surface area contributed by atoms with Crippen molar-refractivity contribution in [2.75, 3.05) is 6.26 Å². The number of halogens is 1. The molecule has 0 aliphatic heterocycles. The van der Waals surface area contributed by atoms with Gasteiger partial charge in [0.1, 0.15) is 4.90 Å². The molecule has 5 nitrogen and oxygen atoms in total. The van der Waals surface area contributed by atoms with Crippen molar-refractivity contribution in [1.82, 2.24) is 9.78 Å². The van der Waals surface area contributed by atoms with E-state index in [1.54, 1.807) is 18.2 Å². The largest absolute Gasteiger partial charge is 0.392 e. The summed E-state index contributed by atoms with van der Waals surface area (Å²) in [7, 11) is -3.27. The molecule has 0 spiro atoms. The van der Waals surface area contributed by atoms with E-state index in [9.17, 15) is 13.5 Å². The fourth-order valence-electron chi connectivity index (χ4n) is 1.53. The molecule has 0 aliphatic rings. The molecule has 96 valence electrons. The van der Waals surface area contributed by atoms with Crippen LogP contribution in [0.25, 0.3) is 5.69 Å². The van der Waals surface area contributed by atoms with Gasteiger partial charge in [-0.3, -0.25) is 0 Å². The number of aliphatic hydroxyl groups excluding tert-OH is 1. The first-order valence-electron chi connectivity index (χ1n) is 5.06. The van der Waals surface area contributed by atoms with Gasteiger partial charge in [-0.25, -0.2) is 13.1 Å². The summed E-state index contributed by atoms with van der Waals surface area (Å²) in [5.41, 5.74) is 1.31. The summed E-state index contributed by atoms with van der Waals surface area (Å²) in [5.74, 6) is 0. The molecule has 2 rings (SSSR count). The number of hydrogen-bond acceptors (Lipinski definition) is 4. The van der Waals surface area contributed by atoms with Gasteiger partial charge in [-0.05, 0) is 18.2 Å². The Kier molecular flexibility index (Phi) is 3.56. The number of rotatable bonds is 3. The van der Waals surface area contributed by atoms with Crippen LogP contribution in [0.15, 0.2) is 40.0 Å². The Morgan fingerprint density at radius 1 is 1.44 bits per heavy atom. The second kappa shape index (κ2) is 4.83. The lowest BCUT2D eigenvalue weighted by molar-refractivity contribution is 0.281. The minimum atomic E-state index is -3.27. The van der Waals surface area contributed by atoms with Gasteiger partial charge in [0, 0.05) is 22.5 Å². The first-order chi connectivity index (χ1) is 8.41. The van der Waals surface area contributed by atoms with Crippen molar-refractivity contribution in [3.05, 3.63) is 40.6 Å². The van der Waals surface area contributed by atoms with Crippen molar-refractivity contribution in [2.45, 2.75) is 11.5 Å². The molecule has 1 aromatic heterocycles. The summed E-state index contributed by atoms with van der Waals surface area (Å²) < 4.78 is 25.0. The SMILES string of the molecule is CS(=O)(=O)c1cnn(-c2ccc(Br)cc2CO)c1. The zero-order valence-electron chi connectivity index (χ0n) is 9.54. The first-order valence-corrected chi connectivity index (χ1v) is 7.74. The zero-order valence-corrected chi connectivity index (χ0v) is 11.9. The van der Waals surface area contributed by atoms with Crippen LogP contribution in [0.5, 0.6) is 0 Å². The summed E-state index contributed by atoms with van der Waals surface area (Å²) in [5, 5.41) is 13.3. The molecule has 1 aromatic carbocycles. The lowest BCUT2D eigenvalue weighted by Gasteiger charge is -2.07. The highest BCUT2D eigenvalue weighted by Gasteiger charge is 2.12. The predicted molar refractivity (Wildman–Crippen MR) is 70.3 cm³/mol. The Labute approximate surface area is 113 Å². The van der Waals surface area contributed by atoms with Gasteiger partial charge in [0.05, 0.1) is 18.5 Å². The van der Waals surface area contributed by atoms with Crippen molar-refractivity contribution in [2.24, 2.45) is 0 Å². The number of hydrogen-bond donors (Lipinski definition) is 1. The average Bonchev–Trinajstić information content (AvgIpc) is 2.77. The monoisotopic (exact) mass is 330 g/mol. The maximum absolute atomic E-state index is 11.4. The number of aromatic nitrogens is 2. The molecule has 18 heavy (non-hydrogen) atoms. The maximum Gasteiger partial charge on any atom is 0.178 e. The van der Waals surface area contributed by atoms with E-state index in [4.69, 9.17) is 0 Å². The van der Waals surface area contributed by atoms with Crippen LogP contribution in [0.3, 0.4) is 0 Å². The van der Waals surface area contributed by atoms with Gasteiger partial charge in [-0.2, -0.15) is 5.10 Å². The third kappa shape index (κ3) is 2.63. The molecular weight excluding hydrogens is 320 g/mol. The Morgan fingerprint density at radius 3 is 2.72 bits per heavy atom. The Morgan fingerprint density at radius 2 is 2.17 bits per heavy atom. The van der Waals surface area contributed by atoms with Crippen LogP contribution < -0.4 is 0 Å². The van der Waals surface area contributed by atoms with Crippen LogP contribution in [0.4, 0.5) is 0 Å². The highest BCUT2D eigenvalue weighted by molar-refractivity contribution is 9.10. The number of nitrogens with zero attached hydrogens (tertiary/aromatic N) is 2. The van der Waals surface area contributed by atoms with Gasteiger partial charge in [0.2, 0.25) is 0 Å². The smallest absolute Gasteiger partial charge is 0.178 e. The summed E-state index contributed by atoms with van der Waals surface area (Å²) >= 11 is 3.31. The predicted octanol–water partition coefficient (Wildman–Crippen LogP) is 1.53. The van der Waals surface area contributed by atoms with Gasteiger partial charge in [0.15, 0.2) is 9.84 Å². The quantitative estimate of drug-likeness (QED) is 0.926. The van der Waals surface area contributed by atoms with E-state index in [0.29, 0.717) is 11.3 Å². The molecule has 0 aliphatic carbocycles. The lowest BCUT2D eigenvalue weighted by Crippen LogP contribution is -2.00. The highest BCUT2D eigenvalue weighted by Crippen LogP contribution is 2.21. The molecule has 0 bridgehead atoms. The fourth-order valence-corrected chi connectivity index (χ4v) is 2.47. The average molecular weight is 331 g/mol. The van der Waals surface area contributed by atoms with Crippen molar-refractivity contribution in [1.29, 1.82) is 0 Å². The minimum Gasteiger partial charge on any atom is -0.392 e. The molecule has 0 radical (unpaired) electrons. The molecule has 7 heteroatoms. The van der Waals surface area contributed by atoms with Crippen LogP contribution in [0, 0.1) is 0 Å². The summed E-state index contributed by atoms with van der Waals surface area (Å²) in [4.78, 5) is 0.148. The summed E-state index contributed by atoms with van der Waals surface area (Å²) in [6.07, 6.45) is 3.85. The van der Waals surface area contributed by atoms with Gasteiger partial charge < -0.3 is 5.11 Å². The van der Waals surface area contributed by atoms with Gasteiger partial charge in [0.25, 0.3) is 0 Å². The molecule has 0 unspecified atom stereocenters. The van der Waals surface area contributed by atoms with E-state index < -0.39 is 9.84 Å². The van der Waals surface area contributed by atoms with E-state index in [2.05, 4.69) is 21.0 Å². The van der Waals surface area contributed by atoms with E-state index in [0.717, 1.165) is 10.7 Å². The maximum atomic E-state index is 11.4. The van der Waals surface area contributed by atoms with Crippen LogP contribution in [0.2, 0.25) is 0 Å². The molecular formula is C11H11BrN2O3S. The Bertz CT molecular complexity index is 679. The molecule has 1 N–H and O–H groups in total. The number of sulfone groups is 1. The summed E-state index contributed by atoms with van der Waals surface area (Å²) in [6, 6.07) is 5.32. The molecule has 2 aromatic rings. The standard InChI is InChI=1S/C11H11BrN2O3S/c1-18(16,17)10-5-13-14(6-10)11-3-2-9(12)4-8(11)7-15/h2-6,15H,7H2,1H3. The van der Waals surface area contributed by atoms with Crippen LogP contribution in [-0.2, 0) is 16.4 Å². The number of aliphatic hydroxyl groups is 1. The molecule has 0 fully saturated rings. The second-order valence-corrected chi connectivity index (χ2v) is 6.76. The van der Waals surface area contributed by atoms with E-state index in [1.807, 2.05) is 0 Å². The topological polar surface area (TPSA) is 72.2 Å². The lowest BCUT2D eigenvalue weighted by atomic mass is 10.2. The molecule has 0 saturated carbocycles. The normalized spacial score (nSPS) is 11.7. The minimum absolute atomic E-state index is 0.148. The third-order valence-corrected chi connectivity index (χ3v) is 4.01. The number of benzene rings is 1. The molecule has 0 amide bonds.